The summed E-state index contributed by atoms with van der Waals surface area (Å²) in [6.07, 6.45) is 0. The second-order valence-electron chi connectivity index (χ2n) is 1.71. The first kappa shape index (κ1) is 4.09. The number of rotatable bonds is 1. The van der Waals surface area contributed by atoms with Gasteiger partial charge in [0.05, 0.1) is 11.2 Å². The molecule has 0 radical (unpaired) electrons. The summed E-state index contributed by atoms with van der Waals surface area (Å²) in [5.74, 6) is -0.395. The van der Waals surface area contributed by atoms with Crippen molar-refractivity contribution in [3.8, 4) is 11.5 Å². The molecule has 0 spiro atoms. The molecule has 0 fully saturated rings. The molecule has 0 amide bonds. The van der Waals surface area contributed by atoms with E-state index in [2.05, 4.69) is 4.74 Å². The van der Waals surface area contributed by atoms with Crippen molar-refractivity contribution in [3.05, 3.63) is 23.2 Å². The van der Waals surface area contributed by atoms with Crippen LogP contribution in [0.25, 0.3) is 0 Å². The highest BCUT2D eigenvalue weighted by Gasteiger charge is 1.99. The van der Waals surface area contributed by atoms with E-state index >= 15 is 0 Å². The van der Waals surface area contributed by atoms with Gasteiger partial charge in [-0.05, 0) is 12.1 Å². The van der Waals surface area contributed by atoms with Crippen LogP contribution in [0.1, 0.15) is 4.11 Å². The molecule has 0 unspecified atom stereocenters. The lowest BCUT2D eigenvalue weighted by Gasteiger charge is -2.01. The Labute approximate surface area is 68.2 Å². The molecule has 0 saturated heterocycles. The Morgan fingerprint density at radius 2 is 2.50 bits per heavy atom. The SMILES string of the molecule is [2H]C([2H])([2H])Oc1cc(Cl)ccc1O. The van der Waals surface area contributed by atoms with Crippen molar-refractivity contribution in [2.24, 2.45) is 0 Å². The lowest BCUT2D eigenvalue weighted by Crippen LogP contribution is -1.81. The Bertz CT molecular complexity index is 311. The van der Waals surface area contributed by atoms with Crippen LogP contribution >= 0.6 is 11.6 Å². The first-order chi connectivity index (χ1) is 5.88. The van der Waals surface area contributed by atoms with Crippen molar-refractivity contribution in [1.29, 1.82) is 0 Å². The highest BCUT2D eigenvalue weighted by Crippen LogP contribution is 2.27. The van der Waals surface area contributed by atoms with Gasteiger partial charge in [-0.25, -0.2) is 0 Å². The number of methoxy groups -OCH3 is 1. The summed E-state index contributed by atoms with van der Waals surface area (Å²) in [6.45, 7) is 0. The van der Waals surface area contributed by atoms with Crippen LogP contribution in [0.5, 0.6) is 11.5 Å². The van der Waals surface area contributed by atoms with Gasteiger partial charge in [0.2, 0.25) is 0 Å². The van der Waals surface area contributed by atoms with Crippen molar-refractivity contribution in [2.75, 3.05) is 7.04 Å². The van der Waals surface area contributed by atoms with Gasteiger partial charge in [0.15, 0.2) is 11.5 Å². The number of benzene rings is 1. The van der Waals surface area contributed by atoms with E-state index in [9.17, 15) is 0 Å². The molecule has 0 saturated carbocycles. The van der Waals surface area contributed by atoms with Crippen molar-refractivity contribution >= 4 is 11.6 Å². The zero-order chi connectivity index (χ0) is 10.1. The van der Waals surface area contributed by atoms with E-state index in [0.717, 1.165) is 0 Å². The topological polar surface area (TPSA) is 29.5 Å². The molecule has 10 heavy (non-hydrogen) atoms. The minimum Gasteiger partial charge on any atom is -0.504 e. The van der Waals surface area contributed by atoms with Crippen molar-refractivity contribution in [3.63, 3.8) is 0 Å². The Kier molecular flexibility index (Phi) is 1.14. The van der Waals surface area contributed by atoms with Gasteiger partial charge in [0.1, 0.15) is 0 Å². The molecule has 0 heterocycles. The van der Waals surface area contributed by atoms with Gasteiger partial charge < -0.3 is 9.84 Å². The smallest absolute Gasteiger partial charge is 0.161 e. The minimum atomic E-state index is -2.58. The second kappa shape index (κ2) is 2.80. The third kappa shape index (κ3) is 1.33. The summed E-state index contributed by atoms with van der Waals surface area (Å²) in [6, 6.07) is 3.94. The van der Waals surface area contributed by atoms with Gasteiger partial charge in [0.25, 0.3) is 0 Å². The molecule has 3 heteroatoms. The normalized spacial score (nSPS) is 15.1. The summed E-state index contributed by atoms with van der Waals surface area (Å²) in [7, 11) is -2.58. The predicted octanol–water partition coefficient (Wildman–Crippen LogP) is 2.05. The maximum absolute atomic E-state index is 9.16. The summed E-state index contributed by atoms with van der Waals surface area (Å²) in [5, 5.41) is 9.47. The van der Waals surface area contributed by atoms with Gasteiger partial charge in [0, 0.05) is 11.1 Å². The van der Waals surface area contributed by atoms with Gasteiger partial charge in [-0.3, -0.25) is 0 Å². The van der Waals surface area contributed by atoms with E-state index in [1.54, 1.807) is 0 Å². The van der Waals surface area contributed by atoms with Crippen molar-refractivity contribution in [1.82, 2.24) is 0 Å². The number of halogens is 1. The molecule has 0 aliphatic heterocycles. The fraction of sp³-hybridized carbons (Fsp3) is 0.143. The molecular weight excluding hydrogens is 152 g/mol. The monoisotopic (exact) mass is 161 g/mol. The molecule has 0 aromatic heterocycles. The lowest BCUT2D eigenvalue weighted by atomic mass is 10.3. The number of ether oxygens (including phenoxy) is 1. The molecule has 1 N–H and O–H groups in total. The third-order valence-electron chi connectivity index (χ3n) is 1.03. The standard InChI is InChI=1S/C7H7ClO2/c1-10-7-4-5(8)2-3-6(7)9/h2-4,9H,1H3/i1D3. The molecule has 1 rings (SSSR count). The molecule has 2 nitrogen and oxygen atoms in total. The predicted molar refractivity (Wildman–Crippen MR) is 39.7 cm³/mol. The van der Waals surface area contributed by atoms with Gasteiger partial charge in [-0.2, -0.15) is 0 Å². The Morgan fingerprint density at radius 1 is 1.70 bits per heavy atom. The number of hydrogen-bond donors (Lipinski definition) is 1. The van der Waals surface area contributed by atoms with Gasteiger partial charge in [-0.15, -0.1) is 0 Å². The number of hydrogen-bond acceptors (Lipinski definition) is 2. The number of phenols is 1. The molecule has 0 aliphatic rings. The fourth-order valence-electron chi connectivity index (χ4n) is 0.570. The van der Waals surface area contributed by atoms with Crippen LogP contribution in [0.4, 0.5) is 0 Å². The highest BCUT2D eigenvalue weighted by atomic mass is 35.5. The van der Waals surface area contributed by atoms with Crippen LogP contribution in [0.3, 0.4) is 0 Å². The van der Waals surface area contributed by atoms with Gasteiger partial charge in [-0.1, -0.05) is 11.6 Å². The molecule has 1 aromatic rings. The Morgan fingerprint density at radius 3 is 3.20 bits per heavy atom. The summed E-state index contributed by atoms with van der Waals surface area (Å²) >= 11 is 5.57. The first-order valence-corrected chi connectivity index (χ1v) is 2.94. The average Bonchev–Trinajstić information content (AvgIpc) is 1.94. The molecule has 0 aliphatic carbocycles. The highest BCUT2D eigenvalue weighted by molar-refractivity contribution is 6.30. The van der Waals surface area contributed by atoms with E-state index in [1.807, 2.05) is 0 Å². The van der Waals surface area contributed by atoms with E-state index in [4.69, 9.17) is 20.8 Å². The van der Waals surface area contributed by atoms with E-state index in [0.29, 0.717) is 5.02 Å². The van der Waals surface area contributed by atoms with Crippen LogP contribution in [-0.2, 0) is 0 Å². The van der Waals surface area contributed by atoms with Crippen LogP contribution in [-0.4, -0.2) is 12.1 Å². The molecular formula is C7H7ClO2. The zero-order valence-electron chi connectivity index (χ0n) is 7.97. The Hall–Kier alpha value is -0.890. The van der Waals surface area contributed by atoms with Crippen LogP contribution in [0.15, 0.2) is 18.2 Å². The maximum atomic E-state index is 9.16. The van der Waals surface area contributed by atoms with Crippen molar-refractivity contribution < 1.29 is 14.0 Å². The van der Waals surface area contributed by atoms with Crippen molar-refractivity contribution in [2.45, 2.75) is 0 Å². The third-order valence-corrected chi connectivity index (χ3v) is 1.27. The number of aromatic hydroxyl groups is 1. The molecule has 0 atom stereocenters. The minimum absolute atomic E-state index is 0.146. The van der Waals surface area contributed by atoms with E-state index in [1.165, 1.54) is 18.2 Å². The molecule has 0 bridgehead atoms. The lowest BCUT2D eigenvalue weighted by molar-refractivity contribution is 0.373. The first-order valence-electron chi connectivity index (χ1n) is 4.06. The average molecular weight is 162 g/mol. The summed E-state index contributed by atoms with van der Waals surface area (Å²) in [5.41, 5.74) is 0. The van der Waals surface area contributed by atoms with E-state index in [-0.39, 0.29) is 11.5 Å². The fourth-order valence-corrected chi connectivity index (χ4v) is 0.732. The summed E-state index contributed by atoms with van der Waals surface area (Å²) in [4.78, 5) is 0. The Balaban J connectivity index is 2.94. The van der Waals surface area contributed by atoms with Crippen LogP contribution in [0.2, 0.25) is 5.02 Å². The molecule has 54 valence electrons. The van der Waals surface area contributed by atoms with E-state index < -0.39 is 7.04 Å². The quantitative estimate of drug-likeness (QED) is 0.683. The molecule has 1 aromatic carbocycles. The van der Waals surface area contributed by atoms with Gasteiger partial charge >= 0.3 is 0 Å². The summed E-state index contributed by atoms with van der Waals surface area (Å²) < 4.78 is 24.9. The number of phenolic OH excluding ortho intramolecular Hbond substituents is 1. The maximum Gasteiger partial charge on any atom is 0.161 e. The zero-order valence-corrected chi connectivity index (χ0v) is 5.72. The van der Waals surface area contributed by atoms with Crippen LogP contribution in [0, 0.1) is 0 Å². The largest absolute Gasteiger partial charge is 0.504 e. The second-order valence-corrected chi connectivity index (χ2v) is 2.15. The van der Waals surface area contributed by atoms with Crippen LogP contribution < -0.4 is 4.74 Å².